The van der Waals surface area contributed by atoms with Crippen LogP contribution in [0, 0.1) is 5.92 Å². The van der Waals surface area contributed by atoms with E-state index in [-0.39, 0.29) is 18.0 Å². The SMILES string of the molecule is CCOC(=O)N1CCN(C(=O)C2CC(CC)CCN2)CC1. The smallest absolute Gasteiger partial charge is 0.409 e. The molecule has 21 heavy (non-hydrogen) atoms. The Kier molecular flexibility index (Phi) is 5.85. The lowest BCUT2D eigenvalue weighted by Gasteiger charge is -2.38. The van der Waals surface area contributed by atoms with E-state index in [0.29, 0.717) is 38.7 Å². The van der Waals surface area contributed by atoms with E-state index in [9.17, 15) is 9.59 Å². The van der Waals surface area contributed by atoms with Crippen LogP contribution < -0.4 is 5.32 Å². The van der Waals surface area contributed by atoms with Crippen molar-refractivity contribution in [1.82, 2.24) is 15.1 Å². The number of amides is 2. The molecule has 2 fully saturated rings. The molecule has 2 unspecified atom stereocenters. The molecule has 6 nitrogen and oxygen atoms in total. The van der Waals surface area contributed by atoms with Gasteiger partial charge in [-0.25, -0.2) is 4.79 Å². The fraction of sp³-hybridized carbons (Fsp3) is 0.867. The number of hydrogen-bond acceptors (Lipinski definition) is 4. The summed E-state index contributed by atoms with van der Waals surface area (Å²) in [5, 5.41) is 3.34. The van der Waals surface area contributed by atoms with Crippen molar-refractivity contribution in [3.8, 4) is 0 Å². The Labute approximate surface area is 126 Å². The minimum atomic E-state index is -0.272. The molecule has 120 valence electrons. The van der Waals surface area contributed by atoms with Crippen molar-refractivity contribution in [3.05, 3.63) is 0 Å². The second-order valence-corrected chi connectivity index (χ2v) is 5.82. The summed E-state index contributed by atoms with van der Waals surface area (Å²) in [5.41, 5.74) is 0. The van der Waals surface area contributed by atoms with Gasteiger partial charge in [-0.05, 0) is 32.2 Å². The first-order chi connectivity index (χ1) is 10.2. The predicted octanol–water partition coefficient (Wildman–Crippen LogP) is 1.07. The number of piperidine rings is 1. The third-order valence-electron chi connectivity index (χ3n) is 4.51. The highest BCUT2D eigenvalue weighted by molar-refractivity contribution is 5.82. The number of nitrogens with zero attached hydrogens (tertiary/aromatic N) is 2. The van der Waals surface area contributed by atoms with Gasteiger partial charge >= 0.3 is 6.09 Å². The van der Waals surface area contributed by atoms with Crippen LogP contribution in [0.3, 0.4) is 0 Å². The van der Waals surface area contributed by atoms with E-state index < -0.39 is 0 Å². The molecule has 6 heteroatoms. The average Bonchev–Trinajstić information content (AvgIpc) is 2.54. The van der Waals surface area contributed by atoms with Crippen molar-refractivity contribution in [3.63, 3.8) is 0 Å². The van der Waals surface area contributed by atoms with Crippen molar-refractivity contribution in [2.24, 2.45) is 5.92 Å². The van der Waals surface area contributed by atoms with Crippen molar-refractivity contribution in [2.45, 2.75) is 39.2 Å². The molecule has 2 heterocycles. The van der Waals surface area contributed by atoms with Crippen LogP contribution in [0.5, 0.6) is 0 Å². The van der Waals surface area contributed by atoms with Gasteiger partial charge in [0.2, 0.25) is 5.91 Å². The van der Waals surface area contributed by atoms with Crippen LogP contribution in [0.1, 0.15) is 33.1 Å². The molecule has 0 aromatic heterocycles. The van der Waals surface area contributed by atoms with E-state index in [1.807, 2.05) is 4.90 Å². The Morgan fingerprint density at radius 1 is 1.14 bits per heavy atom. The van der Waals surface area contributed by atoms with E-state index in [1.165, 1.54) is 0 Å². The lowest BCUT2D eigenvalue weighted by atomic mass is 9.90. The first-order valence-corrected chi connectivity index (χ1v) is 8.09. The predicted molar refractivity (Wildman–Crippen MR) is 80.0 cm³/mol. The van der Waals surface area contributed by atoms with Gasteiger partial charge in [0.1, 0.15) is 0 Å². The van der Waals surface area contributed by atoms with Crippen molar-refractivity contribution >= 4 is 12.0 Å². The number of hydrogen-bond donors (Lipinski definition) is 1. The summed E-state index contributed by atoms with van der Waals surface area (Å²) in [6.07, 6.45) is 2.97. The second kappa shape index (κ2) is 7.64. The number of piperazine rings is 1. The maximum absolute atomic E-state index is 12.5. The van der Waals surface area contributed by atoms with Gasteiger partial charge in [-0.15, -0.1) is 0 Å². The molecule has 2 aliphatic heterocycles. The van der Waals surface area contributed by atoms with Gasteiger partial charge in [0.25, 0.3) is 0 Å². The topological polar surface area (TPSA) is 61.9 Å². The zero-order valence-electron chi connectivity index (χ0n) is 13.1. The summed E-state index contributed by atoms with van der Waals surface area (Å²) < 4.78 is 4.99. The molecule has 0 saturated carbocycles. The third kappa shape index (κ3) is 4.09. The molecular formula is C15H27N3O3. The zero-order valence-corrected chi connectivity index (χ0v) is 13.1. The monoisotopic (exact) mass is 297 g/mol. The van der Waals surface area contributed by atoms with E-state index in [0.717, 1.165) is 25.8 Å². The van der Waals surface area contributed by atoms with Crippen molar-refractivity contribution < 1.29 is 14.3 Å². The van der Waals surface area contributed by atoms with Gasteiger partial charge in [0.15, 0.2) is 0 Å². The highest BCUT2D eigenvalue weighted by Crippen LogP contribution is 2.21. The van der Waals surface area contributed by atoms with Gasteiger partial charge in [-0.1, -0.05) is 13.3 Å². The highest BCUT2D eigenvalue weighted by atomic mass is 16.6. The van der Waals surface area contributed by atoms with E-state index in [1.54, 1.807) is 11.8 Å². The minimum absolute atomic E-state index is 0.0437. The molecular weight excluding hydrogens is 270 g/mol. The molecule has 0 aliphatic carbocycles. The number of nitrogens with one attached hydrogen (secondary N) is 1. The summed E-state index contributed by atoms with van der Waals surface area (Å²) in [4.78, 5) is 27.7. The summed E-state index contributed by atoms with van der Waals surface area (Å²) in [5.74, 6) is 0.845. The Morgan fingerprint density at radius 2 is 1.81 bits per heavy atom. The van der Waals surface area contributed by atoms with Crippen LogP contribution in [0.4, 0.5) is 4.79 Å². The highest BCUT2D eigenvalue weighted by Gasteiger charge is 2.32. The lowest BCUT2D eigenvalue weighted by Crippen LogP contribution is -2.56. The minimum Gasteiger partial charge on any atom is -0.450 e. The van der Waals surface area contributed by atoms with Gasteiger partial charge in [-0.2, -0.15) is 0 Å². The van der Waals surface area contributed by atoms with Gasteiger partial charge in [-0.3, -0.25) is 4.79 Å². The average molecular weight is 297 g/mol. The molecule has 2 saturated heterocycles. The molecule has 1 N–H and O–H groups in total. The molecule has 2 atom stereocenters. The molecule has 0 bridgehead atoms. The van der Waals surface area contributed by atoms with Gasteiger partial charge in [0.05, 0.1) is 12.6 Å². The molecule has 0 aromatic rings. The summed E-state index contributed by atoms with van der Waals surface area (Å²) >= 11 is 0. The summed E-state index contributed by atoms with van der Waals surface area (Å²) in [6, 6.07) is -0.0437. The molecule has 0 spiro atoms. The van der Waals surface area contributed by atoms with Crippen LogP contribution in [-0.4, -0.2) is 67.2 Å². The van der Waals surface area contributed by atoms with Crippen LogP contribution in [0.2, 0.25) is 0 Å². The molecule has 2 rings (SSSR count). The fourth-order valence-electron chi connectivity index (χ4n) is 3.10. The summed E-state index contributed by atoms with van der Waals surface area (Å²) in [6.45, 7) is 7.65. The number of rotatable bonds is 3. The first-order valence-electron chi connectivity index (χ1n) is 8.09. The maximum atomic E-state index is 12.5. The van der Waals surface area contributed by atoms with Gasteiger partial charge < -0.3 is 19.9 Å². The Balaban J connectivity index is 1.81. The molecule has 2 amide bonds. The number of ether oxygens (including phenoxy) is 1. The number of carbonyl (C=O) groups is 2. The standard InChI is InChI=1S/C15H27N3O3/c1-3-12-5-6-16-13(11-12)14(19)17-7-9-18(10-8-17)15(20)21-4-2/h12-13,16H,3-11H2,1-2H3. The van der Waals surface area contributed by atoms with Crippen molar-refractivity contribution in [2.75, 3.05) is 39.3 Å². The fourth-order valence-corrected chi connectivity index (χ4v) is 3.10. The largest absolute Gasteiger partial charge is 0.450 e. The lowest BCUT2D eigenvalue weighted by molar-refractivity contribution is -0.136. The second-order valence-electron chi connectivity index (χ2n) is 5.82. The van der Waals surface area contributed by atoms with E-state index in [4.69, 9.17) is 4.74 Å². The third-order valence-corrected chi connectivity index (χ3v) is 4.51. The first kappa shape index (κ1) is 16.1. The van der Waals surface area contributed by atoms with Crippen LogP contribution in [0.25, 0.3) is 0 Å². The Morgan fingerprint density at radius 3 is 2.43 bits per heavy atom. The van der Waals surface area contributed by atoms with E-state index in [2.05, 4.69) is 12.2 Å². The normalized spacial score (nSPS) is 26.6. The molecule has 2 aliphatic rings. The molecule has 0 radical (unpaired) electrons. The van der Waals surface area contributed by atoms with Gasteiger partial charge in [0, 0.05) is 26.2 Å². The number of carbonyl (C=O) groups excluding carboxylic acids is 2. The van der Waals surface area contributed by atoms with Crippen LogP contribution >= 0.6 is 0 Å². The molecule has 0 aromatic carbocycles. The Bertz CT molecular complexity index is 367. The summed E-state index contributed by atoms with van der Waals surface area (Å²) in [7, 11) is 0. The van der Waals surface area contributed by atoms with Crippen LogP contribution in [-0.2, 0) is 9.53 Å². The zero-order chi connectivity index (χ0) is 15.2. The quantitative estimate of drug-likeness (QED) is 0.846. The van der Waals surface area contributed by atoms with Crippen molar-refractivity contribution in [1.29, 1.82) is 0 Å². The Hall–Kier alpha value is -1.30. The van der Waals surface area contributed by atoms with Crippen LogP contribution in [0.15, 0.2) is 0 Å². The maximum Gasteiger partial charge on any atom is 0.409 e. The van der Waals surface area contributed by atoms with E-state index >= 15 is 0 Å².